The number of hydrogen-bond acceptors (Lipinski definition) is 4. The molecular formula is C10H17N7O3. The van der Waals surface area contributed by atoms with Crippen LogP contribution in [0.1, 0.15) is 32.1 Å². The van der Waals surface area contributed by atoms with E-state index in [0.29, 0.717) is 25.8 Å². The van der Waals surface area contributed by atoms with Gasteiger partial charge in [0.2, 0.25) is 5.91 Å². The van der Waals surface area contributed by atoms with Gasteiger partial charge in [-0.1, -0.05) is 16.6 Å². The summed E-state index contributed by atoms with van der Waals surface area (Å²) in [5, 5.41) is 18.0. The van der Waals surface area contributed by atoms with E-state index in [0.717, 1.165) is 0 Å². The van der Waals surface area contributed by atoms with Crippen LogP contribution in [0.5, 0.6) is 0 Å². The Labute approximate surface area is 115 Å². The Morgan fingerprint density at radius 3 is 2.25 bits per heavy atom. The number of carboxylic acids is 1. The largest absolute Gasteiger partial charge is 0.480 e. The lowest BCUT2D eigenvalue weighted by Gasteiger charge is -2.13. The van der Waals surface area contributed by atoms with E-state index in [4.69, 9.17) is 16.2 Å². The standard InChI is InChI=1S/C10H17N7O3/c11-16-13-6-2-1-4-8(10(19)20)15-9(18)5-3-7-14-17-12/h8H,1-7H2,(H,15,18)(H,19,20)/t8-/m0/s1. The molecule has 0 rings (SSSR count). The van der Waals surface area contributed by atoms with Gasteiger partial charge in [-0.05, 0) is 30.3 Å². The molecule has 110 valence electrons. The molecule has 0 aliphatic carbocycles. The van der Waals surface area contributed by atoms with E-state index in [9.17, 15) is 9.59 Å². The molecule has 0 radical (unpaired) electrons. The molecule has 0 heterocycles. The van der Waals surface area contributed by atoms with Gasteiger partial charge >= 0.3 is 5.97 Å². The highest BCUT2D eigenvalue weighted by atomic mass is 16.4. The van der Waals surface area contributed by atoms with Gasteiger partial charge in [0.1, 0.15) is 6.04 Å². The van der Waals surface area contributed by atoms with Crippen LogP contribution in [0.2, 0.25) is 0 Å². The lowest BCUT2D eigenvalue weighted by molar-refractivity contribution is -0.142. The SMILES string of the molecule is [N-]=[N+]=NCCCC[C@H](NC(=O)CCCN=[N+]=[N-])C(=O)O. The van der Waals surface area contributed by atoms with Gasteiger partial charge in [-0.2, -0.15) is 0 Å². The number of nitrogens with zero attached hydrogens (tertiary/aromatic N) is 6. The molecule has 0 aromatic carbocycles. The van der Waals surface area contributed by atoms with E-state index in [1.807, 2.05) is 0 Å². The molecular weight excluding hydrogens is 266 g/mol. The number of hydrogen-bond donors (Lipinski definition) is 2. The van der Waals surface area contributed by atoms with Crippen molar-refractivity contribution in [3.63, 3.8) is 0 Å². The summed E-state index contributed by atoms with van der Waals surface area (Å²) in [6.45, 7) is 0.511. The molecule has 0 spiro atoms. The average molecular weight is 283 g/mol. The van der Waals surface area contributed by atoms with Crippen molar-refractivity contribution in [1.82, 2.24) is 5.32 Å². The maximum Gasteiger partial charge on any atom is 0.326 e. The van der Waals surface area contributed by atoms with Crippen LogP contribution < -0.4 is 5.32 Å². The molecule has 0 aliphatic rings. The van der Waals surface area contributed by atoms with E-state index in [1.165, 1.54) is 0 Å². The third kappa shape index (κ3) is 9.58. The molecule has 10 heteroatoms. The molecule has 10 nitrogen and oxygen atoms in total. The molecule has 0 aromatic heterocycles. The van der Waals surface area contributed by atoms with E-state index < -0.39 is 12.0 Å². The Balaban J connectivity index is 3.99. The molecule has 1 amide bonds. The van der Waals surface area contributed by atoms with E-state index in [-0.39, 0.29) is 25.3 Å². The Morgan fingerprint density at radius 2 is 1.70 bits per heavy atom. The fraction of sp³-hybridized carbons (Fsp3) is 0.800. The zero-order valence-electron chi connectivity index (χ0n) is 11.0. The maximum absolute atomic E-state index is 11.5. The Morgan fingerprint density at radius 1 is 1.10 bits per heavy atom. The van der Waals surface area contributed by atoms with Gasteiger partial charge in [-0.25, -0.2) is 4.79 Å². The van der Waals surface area contributed by atoms with Crippen LogP contribution >= 0.6 is 0 Å². The molecule has 0 fully saturated rings. The van der Waals surface area contributed by atoms with Crippen LogP contribution in [0, 0.1) is 0 Å². The van der Waals surface area contributed by atoms with E-state index in [1.54, 1.807) is 0 Å². The highest BCUT2D eigenvalue weighted by Gasteiger charge is 2.18. The first-order valence-electron chi connectivity index (χ1n) is 6.15. The van der Waals surface area contributed by atoms with Crippen LogP contribution in [0.25, 0.3) is 20.9 Å². The normalized spacial score (nSPS) is 10.8. The van der Waals surface area contributed by atoms with Gasteiger partial charge in [0.25, 0.3) is 0 Å². The van der Waals surface area contributed by atoms with Gasteiger partial charge in [-0.15, -0.1) is 0 Å². The van der Waals surface area contributed by atoms with Gasteiger partial charge in [0.15, 0.2) is 0 Å². The molecule has 20 heavy (non-hydrogen) atoms. The summed E-state index contributed by atoms with van der Waals surface area (Å²) in [5.74, 6) is -1.49. The van der Waals surface area contributed by atoms with Crippen LogP contribution in [0.3, 0.4) is 0 Å². The molecule has 0 aromatic rings. The second-order valence-electron chi connectivity index (χ2n) is 3.97. The van der Waals surface area contributed by atoms with Gasteiger partial charge in [0, 0.05) is 29.3 Å². The average Bonchev–Trinajstić information content (AvgIpc) is 2.42. The van der Waals surface area contributed by atoms with Gasteiger partial charge < -0.3 is 10.4 Å². The zero-order chi connectivity index (χ0) is 15.2. The summed E-state index contributed by atoms with van der Waals surface area (Å²) in [6, 6.07) is -0.951. The minimum atomic E-state index is -1.10. The maximum atomic E-state index is 11.5. The summed E-state index contributed by atoms with van der Waals surface area (Å²) < 4.78 is 0. The van der Waals surface area contributed by atoms with Crippen molar-refractivity contribution in [1.29, 1.82) is 0 Å². The predicted molar refractivity (Wildman–Crippen MR) is 70.7 cm³/mol. The second-order valence-corrected chi connectivity index (χ2v) is 3.97. The third-order valence-corrected chi connectivity index (χ3v) is 2.42. The summed E-state index contributed by atoms with van der Waals surface area (Å²) in [4.78, 5) is 27.6. The van der Waals surface area contributed by atoms with Crippen LogP contribution in [0.4, 0.5) is 0 Å². The number of nitrogens with one attached hydrogen (secondary N) is 1. The minimum absolute atomic E-state index is 0.113. The second kappa shape index (κ2) is 11.6. The topological polar surface area (TPSA) is 164 Å². The molecule has 0 aliphatic heterocycles. The highest BCUT2D eigenvalue weighted by molar-refractivity contribution is 5.83. The first-order chi connectivity index (χ1) is 9.61. The molecule has 1 atom stereocenters. The molecule has 0 bridgehead atoms. The number of azide groups is 2. The summed E-state index contributed by atoms with van der Waals surface area (Å²) in [5.41, 5.74) is 16.1. The van der Waals surface area contributed by atoms with Gasteiger partial charge in [0.05, 0.1) is 0 Å². The van der Waals surface area contributed by atoms with Crippen molar-refractivity contribution in [2.24, 2.45) is 10.2 Å². The van der Waals surface area contributed by atoms with Crippen LogP contribution in [0.15, 0.2) is 10.2 Å². The zero-order valence-corrected chi connectivity index (χ0v) is 11.0. The smallest absolute Gasteiger partial charge is 0.326 e. The number of amides is 1. The first kappa shape index (κ1) is 17.6. The minimum Gasteiger partial charge on any atom is -0.480 e. The number of unbranched alkanes of at least 4 members (excludes halogenated alkanes) is 1. The van der Waals surface area contributed by atoms with Gasteiger partial charge in [-0.3, -0.25) is 4.79 Å². The van der Waals surface area contributed by atoms with Crippen molar-refractivity contribution in [3.05, 3.63) is 20.9 Å². The van der Waals surface area contributed by atoms with Crippen molar-refractivity contribution in [2.45, 2.75) is 38.1 Å². The monoisotopic (exact) mass is 283 g/mol. The predicted octanol–water partition coefficient (Wildman–Crippen LogP) is 2.13. The Hall–Kier alpha value is -2.44. The van der Waals surface area contributed by atoms with Crippen LogP contribution in [-0.4, -0.2) is 36.1 Å². The lowest BCUT2D eigenvalue weighted by Crippen LogP contribution is -2.40. The van der Waals surface area contributed by atoms with E-state index in [2.05, 4.69) is 25.4 Å². The van der Waals surface area contributed by atoms with Crippen molar-refractivity contribution < 1.29 is 14.7 Å². The van der Waals surface area contributed by atoms with Crippen LogP contribution in [-0.2, 0) is 9.59 Å². The molecule has 0 unspecified atom stereocenters. The fourth-order valence-electron chi connectivity index (χ4n) is 1.45. The van der Waals surface area contributed by atoms with Crippen molar-refractivity contribution >= 4 is 11.9 Å². The quantitative estimate of drug-likeness (QED) is 0.257. The summed E-state index contributed by atoms with van der Waals surface area (Å²) in [7, 11) is 0. The Bertz CT molecular complexity index is 413. The number of carbonyl (C=O) groups is 2. The molecule has 0 saturated carbocycles. The van der Waals surface area contributed by atoms with Crippen molar-refractivity contribution in [2.75, 3.05) is 13.1 Å². The summed E-state index contributed by atoms with van der Waals surface area (Å²) in [6.07, 6.45) is 1.87. The highest BCUT2D eigenvalue weighted by Crippen LogP contribution is 2.03. The Kier molecular flexibility index (Phi) is 10.2. The third-order valence-electron chi connectivity index (χ3n) is 2.42. The summed E-state index contributed by atoms with van der Waals surface area (Å²) >= 11 is 0. The molecule has 2 N–H and O–H groups in total. The molecule has 0 saturated heterocycles. The van der Waals surface area contributed by atoms with Crippen molar-refractivity contribution in [3.8, 4) is 0 Å². The fourth-order valence-corrected chi connectivity index (χ4v) is 1.45. The van der Waals surface area contributed by atoms with E-state index >= 15 is 0 Å². The lowest BCUT2D eigenvalue weighted by atomic mass is 10.1. The number of aliphatic carboxylic acids is 1. The first-order valence-corrected chi connectivity index (χ1v) is 6.15. The number of carbonyl (C=O) groups excluding carboxylic acids is 1. The number of rotatable bonds is 11. The number of carboxylic acid groups (broad SMARTS) is 1.